The second kappa shape index (κ2) is 10.5. The Labute approximate surface area is 234 Å². The monoisotopic (exact) mass is 580 g/mol. The SMILES string of the molecule is CCC1(C)C=c2cccc(C)c2=[C]1[Zr][C]1=c2c(C)cccc2=CC1(C)CC.Cl.Cl.c1cc2ccc1-2. The molecule has 0 fully saturated rings. The molecule has 0 aliphatic heterocycles. The molecule has 2 unspecified atom stereocenters. The minimum Gasteiger partial charge on any atom is -0.147 e. The van der Waals surface area contributed by atoms with Crippen molar-refractivity contribution in [2.24, 2.45) is 10.8 Å². The van der Waals surface area contributed by atoms with Gasteiger partial charge in [-0.15, -0.1) is 24.8 Å². The number of rotatable bonds is 4. The van der Waals surface area contributed by atoms with E-state index >= 15 is 0 Å². The van der Waals surface area contributed by atoms with Gasteiger partial charge in [-0.1, -0.05) is 24.3 Å². The van der Waals surface area contributed by atoms with Crippen molar-refractivity contribution in [3.8, 4) is 11.1 Å². The van der Waals surface area contributed by atoms with Gasteiger partial charge in [-0.05, 0) is 11.1 Å². The average molecular weight is 583 g/mol. The van der Waals surface area contributed by atoms with Crippen LogP contribution in [0, 0.1) is 24.7 Å². The van der Waals surface area contributed by atoms with Gasteiger partial charge in [-0.25, -0.2) is 0 Å². The third-order valence-electron chi connectivity index (χ3n) is 8.14. The Morgan fingerprint density at radius 3 is 1.26 bits per heavy atom. The molecule has 2 aromatic carbocycles. The van der Waals surface area contributed by atoms with Crippen LogP contribution in [0.4, 0.5) is 0 Å². The second-order valence-electron chi connectivity index (χ2n) is 10.4. The molecule has 6 rings (SSSR count). The van der Waals surface area contributed by atoms with Gasteiger partial charge in [0.25, 0.3) is 0 Å². The van der Waals surface area contributed by atoms with E-state index in [0.29, 0.717) is 0 Å². The summed E-state index contributed by atoms with van der Waals surface area (Å²) in [5, 5.41) is 6.12. The molecular formula is C32H36Cl2Zr. The summed E-state index contributed by atoms with van der Waals surface area (Å²) in [6, 6.07) is 22.2. The molecule has 0 saturated heterocycles. The summed E-state index contributed by atoms with van der Waals surface area (Å²) in [7, 11) is 0. The Kier molecular flexibility index (Phi) is 8.48. The van der Waals surface area contributed by atoms with Crippen LogP contribution in [0.1, 0.15) is 51.7 Å². The Hall–Kier alpha value is -1.40. The first-order chi connectivity index (χ1) is 15.8. The van der Waals surface area contributed by atoms with Crippen LogP contribution in [-0.2, 0) is 23.2 Å². The summed E-state index contributed by atoms with van der Waals surface area (Å²) < 4.78 is 3.58. The van der Waals surface area contributed by atoms with E-state index in [9.17, 15) is 0 Å². The maximum atomic E-state index is 2.56. The quantitative estimate of drug-likeness (QED) is 0.268. The zero-order valence-corrected chi connectivity index (χ0v) is 25.7. The van der Waals surface area contributed by atoms with Crippen molar-refractivity contribution >= 4 is 43.5 Å². The summed E-state index contributed by atoms with van der Waals surface area (Å²) in [6.07, 6.45) is 7.51. The molecule has 2 aromatic rings. The van der Waals surface area contributed by atoms with E-state index in [1.165, 1.54) is 45.5 Å². The van der Waals surface area contributed by atoms with E-state index in [1.807, 2.05) is 0 Å². The molecule has 182 valence electrons. The summed E-state index contributed by atoms with van der Waals surface area (Å²) in [5.41, 5.74) is 6.23. The maximum absolute atomic E-state index is 2.56. The van der Waals surface area contributed by atoms with Gasteiger partial charge in [0, 0.05) is 0 Å². The Morgan fingerprint density at radius 2 is 0.971 bits per heavy atom. The fourth-order valence-corrected chi connectivity index (χ4v) is 11.0. The fourth-order valence-electron chi connectivity index (χ4n) is 5.46. The van der Waals surface area contributed by atoms with Crippen molar-refractivity contribution in [2.75, 3.05) is 0 Å². The van der Waals surface area contributed by atoms with Gasteiger partial charge in [0.05, 0.1) is 0 Å². The predicted molar refractivity (Wildman–Crippen MR) is 153 cm³/mol. The van der Waals surface area contributed by atoms with Crippen molar-refractivity contribution in [1.82, 2.24) is 0 Å². The molecule has 0 nitrogen and oxygen atoms in total. The van der Waals surface area contributed by atoms with Crippen LogP contribution < -0.4 is 20.9 Å². The fraction of sp³-hybridized carbons (Fsp3) is 0.312. The third-order valence-corrected chi connectivity index (χ3v) is 13.4. The normalized spacial score (nSPS) is 21.8. The molecule has 0 amide bonds. The predicted octanol–water partition coefficient (Wildman–Crippen LogP) is 6.23. The van der Waals surface area contributed by atoms with Gasteiger partial charge in [0.1, 0.15) is 0 Å². The molecule has 0 bridgehead atoms. The Morgan fingerprint density at radius 1 is 0.600 bits per heavy atom. The van der Waals surface area contributed by atoms with E-state index in [1.54, 1.807) is 17.0 Å². The van der Waals surface area contributed by atoms with Gasteiger partial charge in [0.2, 0.25) is 0 Å². The Balaban J connectivity index is 0.000000369. The van der Waals surface area contributed by atoms with E-state index in [-0.39, 0.29) is 35.6 Å². The van der Waals surface area contributed by atoms with Gasteiger partial charge in [-0.3, -0.25) is 0 Å². The Bertz CT molecular complexity index is 1390. The molecule has 0 aromatic heterocycles. The number of hydrogen-bond donors (Lipinski definition) is 0. The van der Waals surface area contributed by atoms with Crippen LogP contribution >= 0.6 is 24.8 Å². The molecule has 0 N–H and O–H groups in total. The van der Waals surface area contributed by atoms with E-state index in [0.717, 1.165) is 0 Å². The topological polar surface area (TPSA) is 0 Å². The molecule has 2 atom stereocenters. The largest absolute Gasteiger partial charge is 0.147 e. The smallest absolute Gasteiger partial charge is 0.0184 e. The van der Waals surface area contributed by atoms with Gasteiger partial charge in [0.15, 0.2) is 0 Å². The standard InChI is InChI=1S/2C13H15.C6H4.2ClH.Zr/c2*1-4-13(3)8-11-7-5-6-10(2)12(11)9-13;1-2-6-4-3-5(1)6;;;/h2*5-8H,4H2,1-3H3;1-4H;2*1H;. The number of hydrogen-bond acceptors (Lipinski definition) is 0. The molecule has 35 heavy (non-hydrogen) atoms. The first kappa shape index (κ1) is 28.2. The van der Waals surface area contributed by atoms with Gasteiger partial charge >= 0.3 is 176 Å². The number of benzene rings is 3. The minimum atomic E-state index is -0.922. The first-order valence-electron chi connectivity index (χ1n) is 12.3. The number of fused-ring (bicyclic) bond motifs is 3. The summed E-state index contributed by atoms with van der Waals surface area (Å²) >= 11 is -0.922. The molecule has 4 aliphatic rings. The van der Waals surface area contributed by atoms with Crippen LogP contribution in [0.15, 0.2) is 60.7 Å². The third kappa shape index (κ3) is 4.70. The maximum Gasteiger partial charge on any atom is -0.0184 e. The number of aryl methyl sites for hydroxylation is 2. The van der Waals surface area contributed by atoms with Crippen molar-refractivity contribution < 1.29 is 23.2 Å². The molecular weight excluding hydrogens is 546 g/mol. The summed E-state index contributed by atoms with van der Waals surface area (Å²) in [4.78, 5) is 0. The van der Waals surface area contributed by atoms with Crippen molar-refractivity contribution in [1.29, 1.82) is 0 Å². The molecule has 0 heterocycles. The summed E-state index contributed by atoms with van der Waals surface area (Å²) in [5.74, 6) is 0. The van der Waals surface area contributed by atoms with Gasteiger partial charge in [-0.2, -0.15) is 0 Å². The minimum absolute atomic E-state index is 0. The van der Waals surface area contributed by atoms with Gasteiger partial charge < -0.3 is 0 Å². The average Bonchev–Trinajstić information content (AvgIpc) is 3.25. The molecule has 0 saturated carbocycles. The zero-order valence-electron chi connectivity index (χ0n) is 21.7. The second-order valence-corrected chi connectivity index (χ2v) is 13.4. The molecule has 0 radical (unpaired) electrons. The van der Waals surface area contributed by atoms with Crippen LogP contribution in [0.2, 0.25) is 0 Å². The first-order valence-corrected chi connectivity index (χ1v) is 14.8. The van der Waals surface area contributed by atoms with E-state index in [2.05, 4.69) is 114 Å². The van der Waals surface area contributed by atoms with Crippen molar-refractivity contribution in [3.05, 3.63) is 92.7 Å². The molecule has 0 spiro atoms. The molecule has 4 aliphatic carbocycles. The number of halogens is 2. The van der Waals surface area contributed by atoms with E-state index < -0.39 is 23.2 Å². The molecule has 3 heteroatoms. The van der Waals surface area contributed by atoms with Crippen molar-refractivity contribution in [3.63, 3.8) is 0 Å². The zero-order chi connectivity index (χ0) is 23.4. The van der Waals surface area contributed by atoms with Crippen LogP contribution in [-0.4, -0.2) is 0 Å². The van der Waals surface area contributed by atoms with E-state index in [4.69, 9.17) is 0 Å². The van der Waals surface area contributed by atoms with Crippen LogP contribution in [0.3, 0.4) is 0 Å². The van der Waals surface area contributed by atoms with Crippen molar-refractivity contribution in [2.45, 2.75) is 54.4 Å². The van der Waals surface area contributed by atoms with Crippen LogP contribution in [0.25, 0.3) is 29.8 Å². The summed E-state index contributed by atoms with van der Waals surface area (Å²) in [6.45, 7) is 14.3. The van der Waals surface area contributed by atoms with Crippen LogP contribution in [0.5, 0.6) is 0 Å².